The minimum Gasteiger partial charge on any atom is -0.312 e. The first-order valence-corrected chi connectivity index (χ1v) is 7.60. The third-order valence-corrected chi connectivity index (χ3v) is 4.57. The number of piperidine rings is 1. The molecule has 2 fully saturated rings. The van der Waals surface area contributed by atoms with Gasteiger partial charge in [0, 0.05) is 23.4 Å². The zero-order chi connectivity index (χ0) is 12.8. The maximum atomic E-state index is 4.84. The average molecular weight is 258 g/mol. The predicted octanol–water partition coefficient (Wildman–Crippen LogP) is 1.93. The number of nitrogens with one attached hydrogen (secondary N) is 2. The molecule has 4 aliphatic rings. The summed E-state index contributed by atoms with van der Waals surface area (Å²) in [5, 5.41) is 5.79. The Morgan fingerprint density at radius 3 is 2.89 bits per heavy atom. The Kier molecular flexibility index (Phi) is 2.74. The van der Waals surface area contributed by atoms with Gasteiger partial charge in [-0.15, -0.1) is 0 Å². The Balaban J connectivity index is 1.56. The minimum atomic E-state index is 0.390. The van der Waals surface area contributed by atoms with Crippen LogP contribution >= 0.6 is 0 Å². The van der Waals surface area contributed by atoms with E-state index in [0.29, 0.717) is 12.1 Å². The predicted molar refractivity (Wildman–Crippen MR) is 76.4 cm³/mol. The van der Waals surface area contributed by atoms with E-state index in [0.717, 1.165) is 18.3 Å². The van der Waals surface area contributed by atoms with Crippen molar-refractivity contribution in [2.75, 3.05) is 6.54 Å². The van der Waals surface area contributed by atoms with Crippen LogP contribution in [0.5, 0.6) is 0 Å². The van der Waals surface area contributed by atoms with E-state index in [9.17, 15) is 0 Å². The van der Waals surface area contributed by atoms with Gasteiger partial charge in [-0.25, -0.2) is 10.4 Å². The first-order valence-electron chi connectivity index (χ1n) is 7.60. The Bertz CT molecular complexity index is 467. The van der Waals surface area contributed by atoms with Crippen molar-refractivity contribution >= 4 is 5.71 Å². The second kappa shape index (κ2) is 4.46. The van der Waals surface area contributed by atoms with Crippen molar-refractivity contribution in [2.24, 2.45) is 10.9 Å². The van der Waals surface area contributed by atoms with Crippen molar-refractivity contribution in [3.05, 3.63) is 23.7 Å². The number of hydrogen-bond acceptors (Lipinski definition) is 4. The smallest absolute Gasteiger partial charge is 0.145 e. The molecule has 102 valence electrons. The van der Waals surface area contributed by atoms with Gasteiger partial charge in [0.1, 0.15) is 5.82 Å². The van der Waals surface area contributed by atoms with Crippen LogP contribution in [0.3, 0.4) is 0 Å². The molecule has 0 bridgehead atoms. The first-order chi connectivity index (χ1) is 9.31. The number of hydrogen-bond donors (Lipinski definition) is 2. The Hall–Kier alpha value is -1.13. The van der Waals surface area contributed by atoms with Gasteiger partial charge >= 0.3 is 0 Å². The van der Waals surface area contributed by atoms with Crippen molar-refractivity contribution in [2.45, 2.75) is 51.1 Å². The van der Waals surface area contributed by atoms with Gasteiger partial charge in [0.15, 0.2) is 0 Å². The van der Waals surface area contributed by atoms with Crippen molar-refractivity contribution < 1.29 is 0 Å². The van der Waals surface area contributed by atoms with Gasteiger partial charge in [-0.2, -0.15) is 0 Å². The molecule has 4 rings (SSSR count). The molecule has 19 heavy (non-hydrogen) atoms. The lowest BCUT2D eigenvalue weighted by molar-refractivity contribution is 0.259. The molecular formula is C15H22N4. The number of allylic oxidation sites excluding steroid dienone is 2. The SMILES string of the molecule is CC1=CC(C2CC2)=NC2=CC([C@@H]3CCCCN3)NN12. The fourth-order valence-electron chi connectivity index (χ4n) is 3.28. The van der Waals surface area contributed by atoms with Crippen LogP contribution in [-0.2, 0) is 0 Å². The molecule has 0 aromatic carbocycles. The molecule has 0 amide bonds. The van der Waals surface area contributed by atoms with Gasteiger partial charge in [0.05, 0.1) is 6.04 Å². The number of fused-ring (bicyclic) bond motifs is 1. The van der Waals surface area contributed by atoms with E-state index in [2.05, 4.69) is 34.8 Å². The lowest BCUT2D eigenvalue weighted by Crippen LogP contribution is -2.50. The molecule has 2 N–H and O–H groups in total. The largest absolute Gasteiger partial charge is 0.312 e. The maximum absolute atomic E-state index is 4.84. The highest BCUT2D eigenvalue weighted by Gasteiger charge is 2.35. The van der Waals surface area contributed by atoms with Crippen molar-refractivity contribution in [3.63, 3.8) is 0 Å². The molecule has 4 heteroatoms. The van der Waals surface area contributed by atoms with E-state index < -0.39 is 0 Å². The van der Waals surface area contributed by atoms with Crippen LogP contribution in [-0.4, -0.2) is 29.3 Å². The Labute approximate surface area is 114 Å². The summed E-state index contributed by atoms with van der Waals surface area (Å²) < 4.78 is 0. The number of hydrazine groups is 1. The third kappa shape index (κ3) is 2.13. The quantitative estimate of drug-likeness (QED) is 0.795. The fraction of sp³-hybridized carbons (Fsp3) is 0.667. The van der Waals surface area contributed by atoms with Gasteiger partial charge in [-0.1, -0.05) is 6.42 Å². The highest BCUT2D eigenvalue weighted by atomic mass is 15.6. The summed E-state index contributed by atoms with van der Waals surface area (Å²) in [6.45, 7) is 3.33. The first kappa shape index (κ1) is 11.7. The normalized spacial score (nSPS) is 34.6. The summed E-state index contributed by atoms with van der Waals surface area (Å²) in [7, 11) is 0. The van der Waals surface area contributed by atoms with Crippen LogP contribution in [0, 0.1) is 5.92 Å². The van der Waals surface area contributed by atoms with Crippen LogP contribution in [0.1, 0.15) is 39.0 Å². The van der Waals surface area contributed by atoms with Crippen LogP contribution < -0.4 is 10.7 Å². The molecule has 1 saturated heterocycles. The monoisotopic (exact) mass is 258 g/mol. The molecule has 2 atom stereocenters. The zero-order valence-corrected chi connectivity index (χ0v) is 11.5. The summed E-state index contributed by atoms with van der Waals surface area (Å²) in [5.74, 6) is 1.84. The summed E-state index contributed by atoms with van der Waals surface area (Å²) in [4.78, 5) is 4.84. The molecule has 3 aliphatic heterocycles. The van der Waals surface area contributed by atoms with E-state index in [1.54, 1.807) is 0 Å². The van der Waals surface area contributed by atoms with Gasteiger partial charge in [0.2, 0.25) is 0 Å². The second-order valence-corrected chi connectivity index (χ2v) is 6.17. The van der Waals surface area contributed by atoms with Crippen molar-refractivity contribution in [1.82, 2.24) is 15.8 Å². The molecule has 3 heterocycles. The number of nitrogens with zero attached hydrogens (tertiary/aromatic N) is 2. The van der Waals surface area contributed by atoms with Crippen LogP contribution in [0.2, 0.25) is 0 Å². The molecule has 0 radical (unpaired) electrons. The van der Waals surface area contributed by atoms with Crippen molar-refractivity contribution in [1.29, 1.82) is 0 Å². The molecule has 1 saturated carbocycles. The lowest BCUT2D eigenvalue weighted by Gasteiger charge is -2.31. The van der Waals surface area contributed by atoms with E-state index in [-0.39, 0.29) is 0 Å². The molecule has 0 aromatic heterocycles. The summed E-state index contributed by atoms with van der Waals surface area (Å²) in [6, 6.07) is 0.945. The molecular weight excluding hydrogens is 236 g/mol. The minimum absolute atomic E-state index is 0.390. The molecule has 0 aromatic rings. The number of rotatable bonds is 2. The second-order valence-electron chi connectivity index (χ2n) is 6.17. The van der Waals surface area contributed by atoms with Crippen LogP contribution in [0.25, 0.3) is 0 Å². The highest BCUT2D eigenvalue weighted by Crippen LogP contribution is 2.35. The lowest BCUT2D eigenvalue weighted by atomic mass is 9.98. The highest BCUT2D eigenvalue weighted by molar-refractivity contribution is 6.00. The topological polar surface area (TPSA) is 39.7 Å². The van der Waals surface area contributed by atoms with Gasteiger partial charge in [-0.05, 0) is 51.3 Å². The molecule has 0 spiro atoms. The van der Waals surface area contributed by atoms with Crippen LogP contribution in [0.4, 0.5) is 0 Å². The summed E-state index contributed by atoms with van der Waals surface area (Å²) in [6.07, 6.45) is 11.1. The van der Waals surface area contributed by atoms with Crippen molar-refractivity contribution in [3.8, 4) is 0 Å². The molecule has 1 unspecified atom stereocenters. The maximum Gasteiger partial charge on any atom is 0.145 e. The van der Waals surface area contributed by atoms with E-state index in [1.807, 2.05) is 0 Å². The molecule has 1 aliphatic carbocycles. The van der Waals surface area contributed by atoms with E-state index in [4.69, 9.17) is 4.99 Å². The summed E-state index contributed by atoms with van der Waals surface area (Å²) >= 11 is 0. The third-order valence-electron chi connectivity index (χ3n) is 4.57. The average Bonchev–Trinajstić information content (AvgIpc) is 3.19. The van der Waals surface area contributed by atoms with Gasteiger partial charge < -0.3 is 5.32 Å². The number of aliphatic imine (C=N–C) groups is 1. The zero-order valence-electron chi connectivity index (χ0n) is 11.5. The fourth-order valence-corrected chi connectivity index (χ4v) is 3.28. The van der Waals surface area contributed by atoms with Gasteiger partial charge in [-0.3, -0.25) is 5.01 Å². The Morgan fingerprint density at radius 2 is 2.16 bits per heavy atom. The van der Waals surface area contributed by atoms with Crippen LogP contribution in [0.15, 0.2) is 28.7 Å². The standard InChI is InChI=1S/C15H22N4/c1-10-8-13(11-5-6-11)17-15-9-14(18-19(10)15)12-4-2-3-7-16-12/h8-9,11-12,14,16,18H,2-7H2,1H3/t12-,14?/m0/s1. The Morgan fingerprint density at radius 1 is 1.26 bits per heavy atom. The van der Waals surface area contributed by atoms with E-state index in [1.165, 1.54) is 43.5 Å². The molecule has 4 nitrogen and oxygen atoms in total. The van der Waals surface area contributed by atoms with E-state index >= 15 is 0 Å². The van der Waals surface area contributed by atoms with Gasteiger partial charge in [0.25, 0.3) is 0 Å². The summed E-state index contributed by atoms with van der Waals surface area (Å²) in [5.41, 5.74) is 6.17.